The van der Waals surface area contributed by atoms with Gasteiger partial charge in [-0.05, 0) is 28.1 Å². The van der Waals surface area contributed by atoms with Crippen LogP contribution in [0, 0.1) is 0 Å². The van der Waals surface area contributed by atoms with Crippen LogP contribution < -0.4 is 0 Å². The first-order chi connectivity index (χ1) is 9.31. The van der Waals surface area contributed by atoms with E-state index < -0.39 is 0 Å². The highest BCUT2D eigenvalue weighted by Gasteiger charge is 2.25. The van der Waals surface area contributed by atoms with Crippen molar-refractivity contribution in [1.29, 1.82) is 0 Å². The minimum atomic E-state index is 0.184. The molecule has 0 spiro atoms. The molecule has 0 aliphatic carbocycles. The van der Waals surface area contributed by atoms with Crippen molar-refractivity contribution >= 4 is 33.4 Å². The molecule has 0 saturated carbocycles. The second-order valence-electron chi connectivity index (χ2n) is 4.74. The zero-order valence-electron chi connectivity index (χ0n) is 10.6. The Labute approximate surface area is 125 Å². The fourth-order valence-corrected chi connectivity index (χ4v) is 3.51. The third-order valence-corrected chi connectivity index (χ3v) is 4.73. The van der Waals surface area contributed by atoms with Crippen molar-refractivity contribution in [3.63, 3.8) is 0 Å². The molecule has 0 N–H and O–H groups in total. The maximum absolute atomic E-state index is 5.54. The Kier molecular flexibility index (Phi) is 4.40. The Balaban J connectivity index is 1.55. The Hall–Kier alpha value is -0.590. The van der Waals surface area contributed by atoms with Crippen molar-refractivity contribution in [2.75, 3.05) is 31.1 Å². The van der Waals surface area contributed by atoms with Crippen LogP contribution in [-0.4, -0.2) is 52.8 Å². The summed E-state index contributed by atoms with van der Waals surface area (Å²) in [6.07, 6.45) is 2.84. The lowest BCUT2D eigenvalue weighted by atomic mass is 10.1. The molecule has 19 heavy (non-hydrogen) atoms. The van der Waals surface area contributed by atoms with Crippen LogP contribution in [0.25, 0.3) is 0 Å². The number of rotatable bonds is 3. The second-order valence-corrected chi connectivity index (χ2v) is 6.88. The molecule has 0 amide bonds. The predicted molar refractivity (Wildman–Crippen MR) is 81.7 cm³/mol. The van der Waals surface area contributed by atoms with E-state index in [4.69, 9.17) is 4.84 Å². The van der Waals surface area contributed by atoms with Gasteiger partial charge in [-0.15, -0.1) is 0 Å². The number of nitrogens with zero attached hydrogens (tertiary/aromatic N) is 3. The van der Waals surface area contributed by atoms with Gasteiger partial charge in [-0.1, -0.05) is 5.16 Å². The van der Waals surface area contributed by atoms with Gasteiger partial charge in [0.2, 0.25) is 0 Å². The first-order valence-electron chi connectivity index (χ1n) is 6.46. The van der Waals surface area contributed by atoms with E-state index in [2.05, 4.69) is 31.0 Å². The summed E-state index contributed by atoms with van der Waals surface area (Å²) < 4.78 is 0.984. The Morgan fingerprint density at radius 2 is 2.21 bits per heavy atom. The fraction of sp³-hybridized carbons (Fsp3) is 0.538. The molecule has 0 bridgehead atoms. The van der Waals surface area contributed by atoms with Crippen molar-refractivity contribution in [3.05, 3.63) is 28.5 Å². The molecule has 6 heteroatoms. The lowest BCUT2D eigenvalue weighted by Gasteiger charge is -2.27. The lowest BCUT2D eigenvalue weighted by Crippen LogP contribution is -2.38. The quantitative estimate of drug-likeness (QED) is 0.845. The zero-order chi connectivity index (χ0) is 13.1. The molecule has 1 fully saturated rings. The van der Waals surface area contributed by atoms with E-state index in [-0.39, 0.29) is 6.10 Å². The van der Waals surface area contributed by atoms with Crippen LogP contribution in [0.2, 0.25) is 0 Å². The molecule has 0 aromatic carbocycles. The molecule has 2 aliphatic heterocycles. The second kappa shape index (κ2) is 6.24. The maximum Gasteiger partial charge on any atom is 0.145 e. The summed E-state index contributed by atoms with van der Waals surface area (Å²) in [5.74, 6) is 2.46. The van der Waals surface area contributed by atoms with Gasteiger partial charge in [0, 0.05) is 48.2 Å². The van der Waals surface area contributed by atoms with E-state index in [1.165, 1.54) is 11.5 Å². The van der Waals surface area contributed by atoms with Crippen LogP contribution in [0.15, 0.2) is 28.0 Å². The largest absolute Gasteiger partial charge is 0.390 e. The monoisotopic (exact) mass is 341 g/mol. The van der Waals surface area contributed by atoms with Gasteiger partial charge in [0.05, 0.1) is 5.69 Å². The number of pyridine rings is 1. The predicted octanol–water partition coefficient (Wildman–Crippen LogP) is 2.39. The van der Waals surface area contributed by atoms with Crippen LogP contribution in [0.4, 0.5) is 0 Å². The minimum Gasteiger partial charge on any atom is -0.390 e. The Bertz CT molecular complexity index is 459. The van der Waals surface area contributed by atoms with Gasteiger partial charge in [-0.3, -0.25) is 9.88 Å². The molecule has 0 unspecified atom stereocenters. The number of halogens is 1. The van der Waals surface area contributed by atoms with E-state index in [0.29, 0.717) is 0 Å². The lowest BCUT2D eigenvalue weighted by molar-refractivity contribution is 0.0553. The molecule has 3 heterocycles. The summed E-state index contributed by atoms with van der Waals surface area (Å²) in [4.78, 5) is 12.4. The van der Waals surface area contributed by atoms with Crippen LogP contribution >= 0.6 is 27.7 Å². The average Bonchev–Trinajstić information content (AvgIpc) is 2.89. The summed E-state index contributed by atoms with van der Waals surface area (Å²) in [7, 11) is 0. The van der Waals surface area contributed by atoms with Crippen LogP contribution in [0.1, 0.15) is 12.1 Å². The highest BCUT2D eigenvalue weighted by molar-refractivity contribution is 9.10. The van der Waals surface area contributed by atoms with E-state index >= 15 is 0 Å². The van der Waals surface area contributed by atoms with Gasteiger partial charge in [0.1, 0.15) is 11.8 Å². The van der Waals surface area contributed by atoms with Gasteiger partial charge in [0.25, 0.3) is 0 Å². The molecule has 2 aliphatic rings. The van der Waals surface area contributed by atoms with Gasteiger partial charge in [-0.2, -0.15) is 11.8 Å². The molecule has 0 radical (unpaired) electrons. The number of thioether (sulfide) groups is 1. The first-order valence-corrected chi connectivity index (χ1v) is 8.41. The summed E-state index contributed by atoms with van der Waals surface area (Å²) in [5, 5.41) is 4.19. The van der Waals surface area contributed by atoms with Crippen molar-refractivity contribution in [1.82, 2.24) is 9.88 Å². The normalized spacial score (nSPS) is 24.1. The third kappa shape index (κ3) is 3.49. The molecule has 3 rings (SSSR count). The SMILES string of the molecule is Brc1ccc(C2=NO[C@H](CN3CCSCC3)C2)nc1. The highest BCUT2D eigenvalue weighted by Crippen LogP contribution is 2.19. The Morgan fingerprint density at radius 3 is 2.95 bits per heavy atom. The topological polar surface area (TPSA) is 37.7 Å². The average molecular weight is 342 g/mol. The van der Waals surface area contributed by atoms with E-state index in [1.54, 1.807) is 6.20 Å². The number of aromatic nitrogens is 1. The van der Waals surface area contributed by atoms with Crippen molar-refractivity contribution in [3.8, 4) is 0 Å². The van der Waals surface area contributed by atoms with Crippen LogP contribution in [-0.2, 0) is 4.84 Å². The Morgan fingerprint density at radius 1 is 1.37 bits per heavy atom. The van der Waals surface area contributed by atoms with Gasteiger partial charge in [0.15, 0.2) is 0 Å². The zero-order valence-corrected chi connectivity index (χ0v) is 13.0. The minimum absolute atomic E-state index is 0.184. The summed E-state index contributed by atoms with van der Waals surface area (Å²) in [6.45, 7) is 3.30. The molecule has 4 nitrogen and oxygen atoms in total. The van der Waals surface area contributed by atoms with Crippen molar-refractivity contribution in [2.24, 2.45) is 5.16 Å². The smallest absolute Gasteiger partial charge is 0.145 e. The van der Waals surface area contributed by atoms with E-state index in [1.807, 2.05) is 23.9 Å². The summed E-state index contributed by atoms with van der Waals surface area (Å²) in [6, 6.07) is 3.96. The van der Waals surface area contributed by atoms with E-state index in [9.17, 15) is 0 Å². The third-order valence-electron chi connectivity index (χ3n) is 3.32. The molecule has 1 aromatic heterocycles. The molecule has 1 saturated heterocycles. The van der Waals surface area contributed by atoms with Crippen LogP contribution in [0.5, 0.6) is 0 Å². The summed E-state index contributed by atoms with van der Waals surface area (Å²) >= 11 is 5.42. The number of hydrogen-bond donors (Lipinski definition) is 0. The summed E-state index contributed by atoms with van der Waals surface area (Å²) in [5.41, 5.74) is 1.88. The molecular formula is C13H16BrN3OS. The molecule has 102 valence electrons. The molecule has 1 aromatic rings. The van der Waals surface area contributed by atoms with Crippen molar-refractivity contribution < 1.29 is 4.84 Å². The highest BCUT2D eigenvalue weighted by atomic mass is 79.9. The van der Waals surface area contributed by atoms with E-state index in [0.717, 1.165) is 41.9 Å². The first kappa shape index (κ1) is 13.4. The maximum atomic E-state index is 5.54. The van der Waals surface area contributed by atoms with Gasteiger partial charge < -0.3 is 4.84 Å². The molecular weight excluding hydrogens is 326 g/mol. The van der Waals surface area contributed by atoms with Crippen LogP contribution in [0.3, 0.4) is 0 Å². The number of oxime groups is 1. The number of hydrogen-bond acceptors (Lipinski definition) is 5. The molecule has 1 atom stereocenters. The van der Waals surface area contributed by atoms with Crippen molar-refractivity contribution in [2.45, 2.75) is 12.5 Å². The standard InChI is InChI=1S/C13H16BrN3OS/c14-10-1-2-12(15-8-10)13-7-11(18-16-13)9-17-3-5-19-6-4-17/h1-2,8,11H,3-7,9H2/t11-/m0/s1. The fourth-order valence-electron chi connectivity index (χ4n) is 2.30. The van der Waals surface area contributed by atoms with Gasteiger partial charge in [-0.25, -0.2) is 0 Å². The van der Waals surface area contributed by atoms with Gasteiger partial charge >= 0.3 is 0 Å².